The van der Waals surface area contributed by atoms with Crippen LogP contribution in [0.5, 0.6) is 5.75 Å². The van der Waals surface area contributed by atoms with Crippen molar-refractivity contribution < 1.29 is 9.53 Å². The number of para-hydroxylation sites is 1. The molecule has 2 aromatic rings. The van der Waals surface area contributed by atoms with Crippen LogP contribution in [-0.4, -0.2) is 17.0 Å². The fourth-order valence-electron chi connectivity index (χ4n) is 2.30. The lowest BCUT2D eigenvalue weighted by Crippen LogP contribution is -2.22. The Hall–Kier alpha value is -1.39. The highest BCUT2D eigenvalue weighted by Gasteiger charge is 2.29. The van der Waals surface area contributed by atoms with Gasteiger partial charge in [0.1, 0.15) is 11.0 Å². The predicted octanol–water partition coefficient (Wildman–Crippen LogP) is 4.42. The fraction of sp³-hybridized carbons (Fsp3) is 0.235. The Labute approximate surface area is 133 Å². The number of ether oxygens (including phenoxy) is 1. The molecule has 2 aromatic carbocycles. The molecular weight excluding hydrogens is 300 g/mol. The van der Waals surface area contributed by atoms with Gasteiger partial charge in [-0.15, -0.1) is 23.5 Å². The second-order valence-corrected chi connectivity index (χ2v) is 7.27. The lowest BCUT2D eigenvalue weighted by molar-refractivity contribution is -0.133. The van der Waals surface area contributed by atoms with E-state index in [9.17, 15) is 4.79 Å². The van der Waals surface area contributed by atoms with Crippen LogP contribution in [0.2, 0.25) is 0 Å². The third-order valence-corrected chi connectivity index (χ3v) is 5.50. The van der Waals surface area contributed by atoms with Crippen LogP contribution in [0.3, 0.4) is 0 Å². The highest BCUT2D eigenvalue weighted by Crippen LogP contribution is 2.38. The summed E-state index contributed by atoms with van der Waals surface area (Å²) in [5.74, 6) is 1.48. The van der Waals surface area contributed by atoms with Gasteiger partial charge in [-0.05, 0) is 35.9 Å². The second kappa shape index (κ2) is 6.58. The first-order valence-electron chi connectivity index (χ1n) is 6.96. The van der Waals surface area contributed by atoms with Gasteiger partial charge in [0.05, 0.1) is 4.90 Å². The second-order valence-electron chi connectivity index (χ2n) is 4.72. The van der Waals surface area contributed by atoms with E-state index in [2.05, 4.69) is 19.1 Å². The van der Waals surface area contributed by atoms with Gasteiger partial charge in [-0.2, -0.15) is 0 Å². The van der Waals surface area contributed by atoms with Gasteiger partial charge >= 0.3 is 5.97 Å². The third-order valence-electron chi connectivity index (χ3n) is 3.27. The van der Waals surface area contributed by atoms with Gasteiger partial charge in [-0.1, -0.05) is 37.3 Å². The molecule has 1 atom stereocenters. The van der Waals surface area contributed by atoms with Crippen LogP contribution in [0.1, 0.15) is 12.5 Å². The minimum absolute atomic E-state index is 0.137. The zero-order valence-electron chi connectivity index (χ0n) is 11.7. The number of thioether (sulfide) groups is 2. The van der Waals surface area contributed by atoms with Crippen LogP contribution in [0.4, 0.5) is 0 Å². The summed E-state index contributed by atoms with van der Waals surface area (Å²) in [6.07, 6.45) is 0.753. The van der Waals surface area contributed by atoms with Crippen molar-refractivity contribution in [3.05, 3.63) is 54.1 Å². The molecule has 1 aliphatic heterocycles. The summed E-state index contributed by atoms with van der Waals surface area (Å²) in [4.78, 5) is 14.6. The van der Waals surface area contributed by atoms with Crippen LogP contribution in [0.25, 0.3) is 0 Å². The molecule has 2 nitrogen and oxygen atoms in total. The van der Waals surface area contributed by atoms with Crippen LogP contribution in [0, 0.1) is 0 Å². The predicted molar refractivity (Wildman–Crippen MR) is 88.3 cm³/mol. The summed E-state index contributed by atoms with van der Waals surface area (Å²) >= 11 is 3.29. The number of hydrogen-bond acceptors (Lipinski definition) is 4. The summed E-state index contributed by atoms with van der Waals surface area (Å²) < 4.78 is 5.63. The van der Waals surface area contributed by atoms with Crippen LogP contribution in [0.15, 0.2) is 58.3 Å². The maximum atomic E-state index is 12.4. The topological polar surface area (TPSA) is 26.3 Å². The summed E-state index contributed by atoms with van der Waals surface area (Å²) in [6, 6.07) is 15.9. The minimum atomic E-state index is -0.152. The van der Waals surface area contributed by atoms with Gasteiger partial charge in [-0.3, -0.25) is 4.79 Å². The molecule has 0 spiro atoms. The first-order valence-corrected chi connectivity index (χ1v) is 8.82. The zero-order valence-corrected chi connectivity index (χ0v) is 13.4. The van der Waals surface area contributed by atoms with Gasteiger partial charge in [-0.25, -0.2) is 0 Å². The number of hydrogen-bond donors (Lipinski definition) is 0. The molecule has 0 saturated carbocycles. The Bertz CT molecular complexity index is 630. The molecule has 3 rings (SSSR count). The van der Waals surface area contributed by atoms with Gasteiger partial charge in [0.2, 0.25) is 0 Å². The SMILES string of the molecule is CCSc1ccccc1OC(=O)C1Cc2ccccc2S1. The van der Waals surface area contributed by atoms with Crippen molar-refractivity contribution in [2.24, 2.45) is 0 Å². The number of benzene rings is 2. The molecule has 0 saturated heterocycles. The van der Waals surface area contributed by atoms with E-state index in [0.717, 1.165) is 17.1 Å². The molecule has 4 heteroatoms. The maximum Gasteiger partial charge on any atom is 0.325 e. The van der Waals surface area contributed by atoms with Crippen molar-refractivity contribution >= 4 is 29.5 Å². The first kappa shape index (κ1) is 14.5. The van der Waals surface area contributed by atoms with E-state index in [1.807, 2.05) is 36.4 Å². The molecule has 1 unspecified atom stereocenters. The van der Waals surface area contributed by atoms with Gasteiger partial charge in [0.25, 0.3) is 0 Å². The summed E-state index contributed by atoms with van der Waals surface area (Å²) in [5.41, 5.74) is 1.24. The average molecular weight is 316 g/mol. The molecule has 108 valence electrons. The van der Waals surface area contributed by atoms with Crippen molar-refractivity contribution in [3.63, 3.8) is 0 Å². The van der Waals surface area contributed by atoms with Crippen LogP contribution >= 0.6 is 23.5 Å². The van der Waals surface area contributed by atoms with Crippen molar-refractivity contribution in [2.75, 3.05) is 5.75 Å². The normalized spacial score (nSPS) is 16.5. The number of rotatable bonds is 4. The molecule has 21 heavy (non-hydrogen) atoms. The number of esters is 1. The van der Waals surface area contributed by atoms with Gasteiger partial charge < -0.3 is 4.74 Å². The largest absolute Gasteiger partial charge is 0.424 e. The summed E-state index contributed by atoms with van der Waals surface area (Å²) in [6.45, 7) is 2.09. The third kappa shape index (κ3) is 3.27. The Kier molecular flexibility index (Phi) is 4.56. The fourth-order valence-corrected chi connectivity index (χ4v) is 4.21. The van der Waals surface area contributed by atoms with E-state index in [1.165, 1.54) is 10.5 Å². The highest BCUT2D eigenvalue weighted by atomic mass is 32.2. The Morgan fingerprint density at radius 2 is 2.00 bits per heavy atom. The number of fused-ring (bicyclic) bond motifs is 1. The van der Waals surface area contributed by atoms with Crippen LogP contribution in [-0.2, 0) is 11.2 Å². The van der Waals surface area contributed by atoms with Gasteiger partial charge in [0, 0.05) is 4.90 Å². The molecule has 1 aliphatic rings. The summed E-state index contributed by atoms with van der Waals surface area (Å²) in [5, 5.41) is -0.137. The van der Waals surface area contributed by atoms with E-state index >= 15 is 0 Å². The quantitative estimate of drug-likeness (QED) is 0.474. The molecule has 0 amide bonds. The van der Waals surface area contributed by atoms with E-state index in [4.69, 9.17) is 4.74 Å². The van der Waals surface area contributed by atoms with E-state index in [-0.39, 0.29) is 11.2 Å². The maximum absolute atomic E-state index is 12.4. The Morgan fingerprint density at radius 1 is 1.24 bits per heavy atom. The first-order chi connectivity index (χ1) is 10.3. The van der Waals surface area contributed by atoms with E-state index in [0.29, 0.717) is 5.75 Å². The summed E-state index contributed by atoms with van der Waals surface area (Å²) in [7, 11) is 0. The molecule has 0 fully saturated rings. The van der Waals surface area contributed by atoms with Gasteiger partial charge in [0.15, 0.2) is 0 Å². The van der Waals surface area contributed by atoms with E-state index < -0.39 is 0 Å². The monoisotopic (exact) mass is 316 g/mol. The molecule has 1 heterocycles. The number of carbonyl (C=O) groups excluding carboxylic acids is 1. The molecule has 0 N–H and O–H groups in total. The average Bonchev–Trinajstić information content (AvgIpc) is 2.93. The number of carbonyl (C=O) groups is 1. The minimum Gasteiger partial charge on any atom is -0.424 e. The molecule has 0 bridgehead atoms. The standard InChI is InChI=1S/C17H16O2S2/c1-2-20-15-10-6-4-8-13(15)19-17(18)16-11-12-7-3-5-9-14(12)21-16/h3-10,16H,2,11H2,1H3. The van der Waals surface area contributed by atoms with Crippen LogP contribution < -0.4 is 4.74 Å². The smallest absolute Gasteiger partial charge is 0.325 e. The molecule has 0 radical (unpaired) electrons. The molecular formula is C17H16O2S2. The molecule has 0 aliphatic carbocycles. The van der Waals surface area contributed by atoms with E-state index in [1.54, 1.807) is 23.5 Å². The zero-order chi connectivity index (χ0) is 14.7. The van der Waals surface area contributed by atoms with Crippen molar-refractivity contribution in [2.45, 2.75) is 28.4 Å². The van der Waals surface area contributed by atoms with Crippen molar-refractivity contribution in [1.29, 1.82) is 0 Å². The van der Waals surface area contributed by atoms with Crippen molar-refractivity contribution in [1.82, 2.24) is 0 Å². The molecule has 0 aromatic heterocycles. The lowest BCUT2D eigenvalue weighted by Gasteiger charge is -2.11. The van der Waals surface area contributed by atoms with Crippen molar-refractivity contribution in [3.8, 4) is 5.75 Å². The highest BCUT2D eigenvalue weighted by molar-refractivity contribution is 8.01. The Morgan fingerprint density at radius 3 is 2.81 bits per heavy atom. The lowest BCUT2D eigenvalue weighted by atomic mass is 10.1. The Balaban J connectivity index is 1.71.